The third-order valence-corrected chi connectivity index (χ3v) is 3.54. The fraction of sp³-hybridized carbons (Fsp3) is 0.500. The summed E-state index contributed by atoms with van der Waals surface area (Å²) in [6.45, 7) is 2.82. The van der Waals surface area contributed by atoms with Crippen LogP contribution < -0.4 is 0 Å². The van der Waals surface area contributed by atoms with E-state index in [-0.39, 0.29) is 17.6 Å². The molecule has 0 aliphatic carbocycles. The van der Waals surface area contributed by atoms with Crippen LogP contribution in [0.4, 0.5) is 0 Å². The van der Waals surface area contributed by atoms with E-state index < -0.39 is 5.97 Å². The van der Waals surface area contributed by atoms with Crippen molar-refractivity contribution in [1.82, 2.24) is 9.88 Å². The monoisotopic (exact) mass is 262 g/mol. The molecule has 2 rings (SSSR count). The van der Waals surface area contributed by atoms with Gasteiger partial charge in [-0.2, -0.15) is 0 Å². The molecule has 1 aromatic rings. The zero-order valence-electron chi connectivity index (χ0n) is 11.0. The zero-order chi connectivity index (χ0) is 13.8. The number of aromatic nitrogens is 1. The van der Waals surface area contributed by atoms with E-state index in [9.17, 15) is 9.59 Å². The number of nitrogens with zero attached hydrogens (tertiary/aromatic N) is 2. The maximum absolute atomic E-state index is 12.4. The minimum Gasteiger partial charge on any atom is -0.477 e. The minimum absolute atomic E-state index is 0.0412. The van der Waals surface area contributed by atoms with E-state index >= 15 is 0 Å². The maximum atomic E-state index is 12.4. The molecule has 102 valence electrons. The van der Waals surface area contributed by atoms with E-state index in [0.717, 1.165) is 32.2 Å². The van der Waals surface area contributed by atoms with Gasteiger partial charge < -0.3 is 10.0 Å². The Labute approximate surface area is 112 Å². The van der Waals surface area contributed by atoms with Crippen molar-refractivity contribution in [3.05, 3.63) is 29.6 Å². The molecule has 0 aromatic carbocycles. The number of amides is 1. The molecule has 0 saturated carbocycles. The third kappa shape index (κ3) is 3.10. The summed E-state index contributed by atoms with van der Waals surface area (Å²) in [6, 6.07) is 3.14. The summed E-state index contributed by atoms with van der Waals surface area (Å²) < 4.78 is 0. The summed E-state index contributed by atoms with van der Waals surface area (Å²) in [6.07, 6.45) is 5.71. The van der Waals surface area contributed by atoms with Gasteiger partial charge in [0.25, 0.3) is 5.91 Å². The molecule has 0 bridgehead atoms. The van der Waals surface area contributed by atoms with Crippen LogP contribution in [0, 0.1) is 0 Å². The quantitative estimate of drug-likeness (QED) is 0.886. The van der Waals surface area contributed by atoms with E-state index in [1.54, 1.807) is 0 Å². The van der Waals surface area contributed by atoms with Crippen LogP contribution in [0.1, 0.15) is 53.5 Å². The normalized spacial score (nSPS) is 19.8. The Morgan fingerprint density at radius 2 is 2.11 bits per heavy atom. The maximum Gasteiger partial charge on any atom is 0.354 e. The Morgan fingerprint density at radius 1 is 1.32 bits per heavy atom. The molecular formula is C14H18N2O3. The number of carboxylic acid groups (broad SMARTS) is 1. The number of aromatic carboxylic acids is 1. The number of pyridine rings is 1. The van der Waals surface area contributed by atoms with Crippen LogP contribution in [-0.2, 0) is 0 Å². The first-order valence-electron chi connectivity index (χ1n) is 6.60. The number of carbonyl (C=O) groups excluding carboxylic acids is 1. The molecule has 1 saturated heterocycles. The number of hydrogen-bond acceptors (Lipinski definition) is 3. The molecule has 19 heavy (non-hydrogen) atoms. The molecule has 5 nitrogen and oxygen atoms in total. The molecule has 1 unspecified atom stereocenters. The second-order valence-corrected chi connectivity index (χ2v) is 4.93. The van der Waals surface area contributed by atoms with Gasteiger partial charge in [0.1, 0.15) is 5.69 Å². The van der Waals surface area contributed by atoms with Crippen LogP contribution in [0.5, 0.6) is 0 Å². The molecule has 0 spiro atoms. The molecule has 1 atom stereocenters. The molecule has 1 N–H and O–H groups in total. The van der Waals surface area contributed by atoms with Gasteiger partial charge in [-0.1, -0.05) is 12.8 Å². The van der Waals surface area contributed by atoms with E-state index in [0.29, 0.717) is 5.56 Å². The standard InChI is InChI=1S/C14H18N2O3/c1-10-5-3-2-4-8-16(10)13(17)11-6-7-12(14(18)19)15-9-11/h6-7,9-10H,2-5,8H2,1H3,(H,18,19). The van der Waals surface area contributed by atoms with Gasteiger partial charge in [0.05, 0.1) is 5.56 Å². The van der Waals surface area contributed by atoms with Crippen LogP contribution >= 0.6 is 0 Å². The van der Waals surface area contributed by atoms with Crippen LogP contribution in [0.15, 0.2) is 18.3 Å². The van der Waals surface area contributed by atoms with Gasteiger partial charge in [-0.05, 0) is 31.9 Å². The number of likely N-dealkylation sites (tertiary alicyclic amines) is 1. The van der Waals surface area contributed by atoms with Crippen molar-refractivity contribution in [3.8, 4) is 0 Å². The Morgan fingerprint density at radius 3 is 2.74 bits per heavy atom. The average molecular weight is 262 g/mol. The SMILES string of the molecule is CC1CCCCCN1C(=O)c1ccc(C(=O)O)nc1. The number of hydrogen-bond donors (Lipinski definition) is 1. The number of carbonyl (C=O) groups is 2. The average Bonchev–Trinajstić information content (AvgIpc) is 2.63. The van der Waals surface area contributed by atoms with Gasteiger partial charge in [0.2, 0.25) is 0 Å². The Bertz CT molecular complexity index is 470. The van der Waals surface area contributed by atoms with Gasteiger partial charge in [0.15, 0.2) is 0 Å². The minimum atomic E-state index is -1.08. The fourth-order valence-corrected chi connectivity index (χ4v) is 2.39. The molecule has 2 heterocycles. The Kier molecular flexibility index (Phi) is 4.14. The summed E-state index contributed by atoms with van der Waals surface area (Å²) in [7, 11) is 0. The van der Waals surface area contributed by atoms with Gasteiger partial charge in [0, 0.05) is 18.8 Å². The highest BCUT2D eigenvalue weighted by molar-refractivity contribution is 5.95. The molecule has 0 radical (unpaired) electrons. The summed E-state index contributed by atoms with van der Waals surface area (Å²) in [5, 5.41) is 8.78. The molecular weight excluding hydrogens is 244 g/mol. The van der Waals surface area contributed by atoms with Gasteiger partial charge in [-0.3, -0.25) is 4.79 Å². The predicted molar refractivity (Wildman–Crippen MR) is 70.2 cm³/mol. The molecule has 1 amide bonds. The van der Waals surface area contributed by atoms with Gasteiger partial charge in [-0.25, -0.2) is 9.78 Å². The lowest BCUT2D eigenvalue weighted by molar-refractivity contribution is 0.0678. The highest BCUT2D eigenvalue weighted by Gasteiger charge is 2.23. The summed E-state index contributed by atoms with van der Waals surface area (Å²) in [5.41, 5.74) is 0.416. The smallest absolute Gasteiger partial charge is 0.354 e. The largest absolute Gasteiger partial charge is 0.477 e. The highest BCUT2D eigenvalue weighted by Crippen LogP contribution is 2.18. The first kappa shape index (κ1) is 13.5. The van der Waals surface area contributed by atoms with E-state index in [1.165, 1.54) is 18.3 Å². The van der Waals surface area contributed by atoms with Crippen molar-refractivity contribution in [3.63, 3.8) is 0 Å². The van der Waals surface area contributed by atoms with Crippen LogP contribution in [0.3, 0.4) is 0 Å². The van der Waals surface area contributed by atoms with Crippen molar-refractivity contribution in [2.24, 2.45) is 0 Å². The van der Waals surface area contributed by atoms with Crippen molar-refractivity contribution in [1.29, 1.82) is 0 Å². The molecule has 5 heteroatoms. The van der Waals surface area contributed by atoms with Gasteiger partial charge in [-0.15, -0.1) is 0 Å². The van der Waals surface area contributed by atoms with E-state index in [1.807, 2.05) is 4.90 Å². The Hall–Kier alpha value is -1.91. The molecule has 1 aliphatic rings. The van der Waals surface area contributed by atoms with Crippen LogP contribution in [0.2, 0.25) is 0 Å². The second kappa shape index (κ2) is 5.82. The van der Waals surface area contributed by atoms with Crippen molar-refractivity contribution < 1.29 is 14.7 Å². The highest BCUT2D eigenvalue weighted by atomic mass is 16.4. The topological polar surface area (TPSA) is 70.5 Å². The Balaban J connectivity index is 2.15. The van der Waals surface area contributed by atoms with Gasteiger partial charge >= 0.3 is 5.97 Å². The van der Waals surface area contributed by atoms with E-state index in [2.05, 4.69) is 11.9 Å². The lowest BCUT2D eigenvalue weighted by Crippen LogP contribution is -2.38. The third-order valence-electron chi connectivity index (χ3n) is 3.54. The molecule has 1 aliphatic heterocycles. The first-order chi connectivity index (χ1) is 9.09. The van der Waals surface area contributed by atoms with E-state index in [4.69, 9.17) is 5.11 Å². The molecule has 1 fully saturated rings. The number of carboxylic acids is 1. The van der Waals surface area contributed by atoms with Crippen LogP contribution in [-0.4, -0.2) is 39.5 Å². The predicted octanol–water partition coefficient (Wildman–Crippen LogP) is 2.18. The van der Waals surface area contributed by atoms with Crippen LogP contribution in [0.25, 0.3) is 0 Å². The first-order valence-corrected chi connectivity index (χ1v) is 6.60. The number of rotatable bonds is 2. The summed E-state index contributed by atoms with van der Waals surface area (Å²) >= 11 is 0. The molecule has 1 aromatic heterocycles. The fourth-order valence-electron chi connectivity index (χ4n) is 2.39. The zero-order valence-corrected chi connectivity index (χ0v) is 11.0. The second-order valence-electron chi connectivity index (χ2n) is 4.93. The summed E-state index contributed by atoms with van der Waals surface area (Å²) in [5.74, 6) is -1.14. The lowest BCUT2D eigenvalue weighted by Gasteiger charge is -2.27. The lowest BCUT2D eigenvalue weighted by atomic mass is 10.1. The summed E-state index contributed by atoms with van der Waals surface area (Å²) in [4.78, 5) is 28.8. The van der Waals surface area contributed by atoms with Crippen molar-refractivity contribution in [2.75, 3.05) is 6.54 Å². The van der Waals surface area contributed by atoms with Crippen molar-refractivity contribution >= 4 is 11.9 Å². The van der Waals surface area contributed by atoms with Crippen molar-refractivity contribution in [2.45, 2.75) is 38.6 Å².